The smallest absolute Gasteiger partial charge is 0.292 e. The Morgan fingerprint density at radius 3 is 3.00 bits per heavy atom. The third-order valence-electron chi connectivity index (χ3n) is 2.26. The summed E-state index contributed by atoms with van der Waals surface area (Å²) in [4.78, 5) is 0. The van der Waals surface area contributed by atoms with Gasteiger partial charge in [-0.1, -0.05) is 5.21 Å². The van der Waals surface area contributed by atoms with Crippen molar-refractivity contribution >= 4 is 0 Å². The molecule has 1 atom stereocenters. The Bertz CT molecular complexity index is 326. The molecule has 4 nitrogen and oxygen atoms in total. The van der Waals surface area contributed by atoms with Gasteiger partial charge < -0.3 is 4.74 Å². The molecule has 0 spiro atoms. The fourth-order valence-corrected chi connectivity index (χ4v) is 1.55. The molecule has 0 N–H and O–H groups in total. The van der Waals surface area contributed by atoms with Crippen molar-refractivity contribution in [1.82, 2.24) is 15.0 Å². The number of hydrogen-bond donors (Lipinski definition) is 0. The first-order valence-electron chi connectivity index (χ1n) is 4.43. The first kappa shape index (κ1) is 9.51. The molecule has 0 bridgehead atoms. The maximum Gasteiger partial charge on any atom is 0.292 e. The first-order valence-corrected chi connectivity index (χ1v) is 4.43. The summed E-state index contributed by atoms with van der Waals surface area (Å²) >= 11 is 0. The van der Waals surface area contributed by atoms with Crippen LogP contribution in [0.25, 0.3) is 0 Å². The van der Waals surface area contributed by atoms with Crippen LogP contribution in [0, 0.1) is 6.92 Å². The summed E-state index contributed by atoms with van der Waals surface area (Å²) in [5, 5.41) is 7.36. The maximum atomic E-state index is 13.4. The van der Waals surface area contributed by atoms with Crippen LogP contribution in [0.3, 0.4) is 0 Å². The Hall–Kier alpha value is -1.04. The highest BCUT2D eigenvalue weighted by molar-refractivity contribution is 4.93. The van der Waals surface area contributed by atoms with Crippen molar-refractivity contribution in [3.05, 3.63) is 11.9 Å². The van der Waals surface area contributed by atoms with Gasteiger partial charge in [-0.2, -0.15) is 0 Å². The largest absolute Gasteiger partial charge is 0.375 e. The lowest BCUT2D eigenvalue weighted by Crippen LogP contribution is -2.40. The summed E-state index contributed by atoms with van der Waals surface area (Å²) in [7, 11) is 0. The Balaban J connectivity index is 2.23. The molecule has 0 aromatic carbocycles. The number of hydrogen-bond acceptors (Lipinski definition) is 3. The minimum absolute atomic E-state index is 0.274. The Morgan fingerprint density at radius 2 is 2.43 bits per heavy atom. The van der Waals surface area contributed by atoms with Crippen molar-refractivity contribution in [2.24, 2.45) is 0 Å². The number of ether oxygens (including phenoxy) is 1. The highest BCUT2D eigenvalue weighted by Gasteiger charge is 2.44. The maximum absolute atomic E-state index is 13.4. The van der Waals surface area contributed by atoms with Crippen molar-refractivity contribution in [1.29, 1.82) is 0 Å². The van der Waals surface area contributed by atoms with E-state index in [0.29, 0.717) is 12.3 Å². The summed E-state index contributed by atoms with van der Waals surface area (Å²) in [5.41, 5.74) is 0.646. The highest BCUT2D eigenvalue weighted by Crippen LogP contribution is 2.34. The number of aryl methyl sites for hydroxylation is 1. The van der Waals surface area contributed by atoms with Gasteiger partial charge >= 0.3 is 0 Å². The van der Waals surface area contributed by atoms with Gasteiger partial charge in [-0.3, -0.25) is 0 Å². The van der Waals surface area contributed by atoms with E-state index in [1.165, 1.54) is 10.9 Å². The zero-order valence-electron chi connectivity index (χ0n) is 7.78. The molecular formula is C8H11F2N3O. The molecule has 0 amide bonds. The van der Waals surface area contributed by atoms with Crippen molar-refractivity contribution in [2.45, 2.75) is 25.3 Å². The van der Waals surface area contributed by atoms with Gasteiger partial charge in [-0.25, -0.2) is 13.5 Å². The van der Waals surface area contributed by atoms with E-state index in [4.69, 9.17) is 4.74 Å². The molecule has 78 valence electrons. The third kappa shape index (κ3) is 1.61. The molecule has 6 heteroatoms. The van der Waals surface area contributed by atoms with Crippen LogP contribution in [0.15, 0.2) is 6.20 Å². The number of rotatable bonds is 1. The molecule has 2 rings (SSSR count). The second-order valence-corrected chi connectivity index (χ2v) is 3.46. The van der Waals surface area contributed by atoms with Gasteiger partial charge in [-0.05, 0) is 13.3 Å². The summed E-state index contributed by atoms with van der Waals surface area (Å²) in [6.07, 6.45) is 1.81. The van der Waals surface area contributed by atoms with E-state index >= 15 is 0 Å². The summed E-state index contributed by atoms with van der Waals surface area (Å²) in [6, 6.07) is -0.919. The molecule has 0 radical (unpaired) electrons. The van der Waals surface area contributed by atoms with E-state index in [-0.39, 0.29) is 6.42 Å². The minimum atomic E-state index is -2.85. The molecule has 1 saturated heterocycles. The lowest BCUT2D eigenvalue weighted by molar-refractivity contribution is -0.150. The molecule has 1 aromatic rings. The van der Waals surface area contributed by atoms with E-state index in [0.717, 1.165) is 0 Å². The van der Waals surface area contributed by atoms with Crippen molar-refractivity contribution < 1.29 is 13.5 Å². The van der Waals surface area contributed by atoms with E-state index in [1.807, 2.05) is 0 Å². The van der Waals surface area contributed by atoms with Crippen LogP contribution in [0.2, 0.25) is 0 Å². The van der Waals surface area contributed by atoms with Crippen molar-refractivity contribution in [3.8, 4) is 0 Å². The van der Waals surface area contributed by atoms with Crippen LogP contribution in [-0.2, 0) is 4.74 Å². The van der Waals surface area contributed by atoms with Crippen LogP contribution >= 0.6 is 0 Å². The van der Waals surface area contributed by atoms with Crippen molar-refractivity contribution in [2.75, 3.05) is 13.2 Å². The van der Waals surface area contributed by atoms with Crippen LogP contribution < -0.4 is 0 Å². The molecule has 1 aromatic heterocycles. The van der Waals surface area contributed by atoms with Gasteiger partial charge in [-0.15, -0.1) is 5.10 Å². The van der Waals surface area contributed by atoms with E-state index in [2.05, 4.69) is 10.3 Å². The predicted molar refractivity (Wildman–Crippen MR) is 44.2 cm³/mol. The second kappa shape index (κ2) is 3.27. The average molecular weight is 203 g/mol. The predicted octanol–water partition coefficient (Wildman–Crippen LogP) is 1.18. The fourth-order valence-electron chi connectivity index (χ4n) is 1.55. The Morgan fingerprint density at radius 1 is 1.64 bits per heavy atom. The molecule has 0 aliphatic carbocycles. The Labute approximate surface area is 79.9 Å². The molecule has 1 aliphatic heterocycles. The topological polar surface area (TPSA) is 39.9 Å². The SMILES string of the molecule is Cc1cn([C@@H]2CCOCC2(F)F)nn1. The van der Waals surface area contributed by atoms with Gasteiger partial charge in [0.1, 0.15) is 12.6 Å². The summed E-state index contributed by atoms with van der Waals surface area (Å²) < 4.78 is 32.7. The monoisotopic (exact) mass is 203 g/mol. The van der Waals surface area contributed by atoms with Crippen LogP contribution in [-0.4, -0.2) is 34.1 Å². The fraction of sp³-hybridized carbons (Fsp3) is 0.750. The molecule has 0 saturated carbocycles. The second-order valence-electron chi connectivity index (χ2n) is 3.46. The number of alkyl halides is 2. The highest BCUT2D eigenvalue weighted by atomic mass is 19.3. The van der Waals surface area contributed by atoms with Gasteiger partial charge in [0.25, 0.3) is 5.92 Å². The summed E-state index contributed by atoms with van der Waals surface area (Å²) in [6.45, 7) is 1.54. The normalized spacial score (nSPS) is 26.4. The number of halogens is 2. The lowest BCUT2D eigenvalue weighted by Gasteiger charge is -2.30. The lowest BCUT2D eigenvalue weighted by atomic mass is 10.1. The van der Waals surface area contributed by atoms with E-state index in [1.54, 1.807) is 6.92 Å². The van der Waals surface area contributed by atoms with Gasteiger partial charge in [0.15, 0.2) is 0 Å². The Kier molecular flexibility index (Phi) is 2.22. The number of nitrogens with zero attached hydrogens (tertiary/aromatic N) is 3. The third-order valence-corrected chi connectivity index (χ3v) is 2.26. The number of aromatic nitrogens is 3. The van der Waals surface area contributed by atoms with E-state index in [9.17, 15) is 8.78 Å². The van der Waals surface area contributed by atoms with Crippen LogP contribution in [0.4, 0.5) is 8.78 Å². The minimum Gasteiger partial charge on any atom is -0.375 e. The molecule has 1 aliphatic rings. The standard InChI is InChI=1S/C8H11F2N3O/c1-6-4-13(12-11-6)7-2-3-14-5-8(7,9)10/h4,7H,2-3,5H2,1H3/t7-/m1/s1. The van der Waals surface area contributed by atoms with Crippen molar-refractivity contribution in [3.63, 3.8) is 0 Å². The van der Waals surface area contributed by atoms with Gasteiger partial charge in [0, 0.05) is 12.8 Å². The first-order chi connectivity index (χ1) is 6.59. The molecule has 2 heterocycles. The summed E-state index contributed by atoms with van der Waals surface area (Å²) in [5.74, 6) is -2.85. The van der Waals surface area contributed by atoms with Crippen LogP contribution in [0.1, 0.15) is 18.2 Å². The van der Waals surface area contributed by atoms with E-state index < -0.39 is 18.6 Å². The van der Waals surface area contributed by atoms with Gasteiger partial charge in [0.2, 0.25) is 0 Å². The quantitative estimate of drug-likeness (QED) is 0.688. The molecule has 14 heavy (non-hydrogen) atoms. The molecule has 1 fully saturated rings. The van der Waals surface area contributed by atoms with Gasteiger partial charge in [0.05, 0.1) is 5.69 Å². The zero-order valence-corrected chi connectivity index (χ0v) is 7.78. The van der Waals surface area contributed by atoms with Crippen LogP contribution in [0.5, 0.6) is 0 Å². The average Bonchev–Trinajstić information content (AvgIpc) is 2.51. The molecular weight excluding hydrogens is 192 g/mol. The zero-order chi connectivity index (χ0) is 10.2. The molecule has 0 unspecified atom stereocenters.